The summed E-state index contributed by atoms with van der Waals surface area (Å²) >= 11 is 0.637. The molecule has 1 aliphatic rings. The Balaban J connectivity index is 2.00. The van der Waals surface area contributed by atoms with Crippen LogP contribution in [0.5, 0.6) is 0 Å². The van der Waals surface area contributed by atoms with E-state index >= 15 is 0 Å². The maximum atomic E-state index is 13.0. The molecule has 0 aromatic carbocycles. The number of carbonyl (C=O) groups is 1. The molecule has 1 saturated heterocycles. The summed E-state index contributed by atoms with van der Waals surface area (Å²) in [6.07, 6.45) is -1.11. The minimum Gasteiger partial charge on any atom is -0.469 e. The smallest absolute Gasteiger partial charge is 0.452 e. The molecule has 0 aliphatic carbocycles. The van der Waals surface area contributed by atoms with E-state index in [9.17, 15) is 18.0 Å². The zero-order chi connectivity index (χ0) is 24.9. The molecule has 2 aromatic rings. The lowest BCUT2D eigenvalue weighted by Gasteiger charge is -2.37. The number of ether oxygens (including phenoxy) is 2. The fourth-order valence-electron chi connectivity index (χ4n) is 3.82. The van der Waals surface area contributed by atoms with Gasteiger partial charge in [0.2, 0.25) is 11.0 Å². The molecule has 1 aliphatic heterocycles. The third-order valence-electron chi connectivity index (χ3n) is 5.54. The Bertz CT molecular complexity index is 964. The first-order chi connectivity index (χ1) is 16.1. The Kier molecular flexibility index (Phi) is 8.69. The number of nitrogens with zero attached hydrogens (tertiary/aromatic N) is 4. The summed E-state index contributed by atoms with van der Waals surface area (Å²) in [5, 5.41) is 3.03. The molecule has 12 heteroatoms. The number of hydrogen-bond donors (Lipinski definition) is 1. The normalized spacial score (nSPS) is 15.9. The summed E-state index contributed by atoms with van der Waals surface area (Å²) in [6.45, 7) is 8.07. The third-order valence-corrected chi connectivity index (χ3v) is 6.17. The summed E-state index contributed by atoms with van der Waals surface area (Å²) in [6, 6.07) is 2.00. The minimum absolute atomic E-state index is 0.0182. The lowest BCUT2D eigenvalue weighted by Crippen LogP contribution is -2.42. The predicted octanol–water partition coefficient (Wildman–Crippen LogP) is 5.00. The molecule has 34 heavy (non-hydrogen) atoms. The Labute approximate surface area is 201 Å². The van der Waals surface area contributed by atoms with E-state index in [1.54, 1.807) is 6.20 Å². The average molecular weight is 502 g/mol. The largest absolute Gasteiger partial charge is 0.469 e. The molecule has 2 aromatic heterocycles. The van der Waals surface area contributed by atoms with Gasteiger partial charge in [-0.1, -0.05) is 20.8 Å². The molecule has 0 bridgehead atoms. The maximum absolute atomic E-state index is 13.0. The monoisotopic (exact) mass is 501 g/mol. The number of aromatic nitrogens is 3. The molecule has 0 amide bonds. The standard InChI is InChI=1S/C22H30F3N5O3S/c1-13(2)12-30(16-5-7-33-8-6-16)19-17(27-21-28-20(29-34-21)22(23,24)25)10-15(11-26-19)14(3)9-18(31)32-4/h10-11,13-14,16H,5-9,12H2,1-4H3,(H,27,28,29)/t14-/m1/s1. The van der Waals surface area contributed by atoms with Crippen LogP contribution in [0.1, 0.15) is 57.3 Å². The quantitative estimate of drug-likeness (QED) is 0.480. The number of halogens is 3. The van der Waals surface area contributed by atoms with Crippen LogP contribution >= 0.6 is 11.5 Å². The highest BCUT2D eigenvalue weighted by atomic mass is 32.1. The molecule has 1 atom stereocenters. The molecule has 0 unspecified atom stereocenters. The van der Waals surface area contributed by atoms with Crippen molar-refractivity contribution in [3.8, 4) is 0 Å². The molecule has 3 rings (SSSR count). The Morgan fingerprint density at radius 3 is 2.62 bits per heavy atom. The van der Waals surface area contributed by atoms with Crippen LogP contribution in [0.3, 0.4) is 0 Å². The van der Waals surface area contributed by atoms with Crippen LogP contribution in [0.4, 0.5) is 29.8 Å². The summed E-state index contributed by atoms with van der Waals surface area (Å²) in [4.78, 5) is 22.3. The van der Waals surface area contributed by atoms with E-state index in [2.05, 4.69) is 33.4 Å². The number of nitrogens with one attached hydrogen (secondary N) is 1. The molecular weight excluding hydrogens is 471 g/mol. The Morgan fingerprint density at radius 1 is 1.32 bits per heavy atom. The first-order valence-electron chi connectivity index (χ1n) is 11.2. The zero-order valence-electron chi connectivity index (χ0n) is 19.7. The highest BCUT2D eigenvalue weighted by Gasteiger charge is 2.36. The number of pyridine rings is 1. The van der Waals surface area contributed by atoms with E-state index in [0.717, 1.165) is 18.4 Å². The number of rotatable bonds is 9. The molecule has 0 spiro atoms. The van der Waals surface area contributed by atoms with Crippen LogP contribution in [0.25, 0.3) is 0 Å². The van der Waals surface area contributed by atoms with Gasteiger partial charge in [0.05, 0.1) is 19.2 Å². The Hall–Kier alpha value is -2.47. The van der Waals surface area contributed by atoms with Crippen LogP contribution in [-0.4, -0.2) is 53.2 Å². The van der Waals surface area contributed by atoms with Gasteiger partial charge in [-0.3, -0.25) is 4.79 Å². The summed E-state index contributed by atoms with van der Waals surface area (Å²) in [5.41, 5.74) is 1.28. The van der Waals surface area contributed by atoms with Crippen molar-refractivity contribution >= 4 is 34.1 Å². The maximum Gasteiger partial charge on any atom is 0.452 e. The molecule has 0 radical (unpaired) electrons. The van der Waals surface area contributed by atoms with Gasteiger partial charge in [-0.15, -0.1) is 0 Å². The molecule has 1 fully saturated rings. The fraction of sp³-hybridized carbons (Fsp3) is 0.636. The van der Waals surface area contributed by atoms with Gasteiger partial charge in [-0.25, -0.2) is 4.98 Å². The SMILES string of the molecule is COC(=O)C[C@@H](C)c1cnc(N(CC(C)C)C2CCOCC2)c(Nc2nc(C(F)(F)F)ns2)c1. The van der Waals surface area contributed by atoms with Crippen molar-refractivity contribution in [2.45, 2.75) is 58.2 Å². The van der Waals surface area contributed by atoms with E-state index in [-0.39, 0.29) is 29.5 Å². The van der Waals surface area contributed by atoms with Crippen LogP contribution in [-0.2, 0) is 20.4 Å². The van der Waals surface area contributed by atoms with Gasteiger partial charge in [0.15, 0.2) is 5.82 Å². The molecule has 8 nitrogen and oxygen atoms in total. The second-order valence-corrected chi connectivity index (χ2v) is 9.51. The fourth-order valence-corrected chi connectivity index (χ4v) is 4.42. The zero-order valence-corrected chi connectivity index (χ0v) is 20.5. The van der Waals surface area contributed by atoms with Crippen LogP contribution in [0, 0.1) is 5.92 Å². The van der Waals surface area contributed by atoms with E-state index in [1.165, 1.54) is 7.11 Å². The van der Waals surface area contributed by atoms with Gasteiger partial charge < -0.3 is 19.7 Å². The van der Waals surface area contributed by atoms with Gasteiger partial charge in [0.1, 0.15) is 0 Å². The number of hydrogen-bond acceptors (Lipinski definition) is 9. The van der Waals surface area contributed by atoms with Gasteiger partial charge in [0, 0.05) is 43.5 Å². The average Bonchev–Trinajstić information content (AvgIpc) is 3.27. The second kappa shape index (κ2) is 11.3. The van der Waals surface area contributed by atoms with Crippen molar-refractivity contribution in [1.29, 1.82) is 0 Å². The van der Waals surface area contributed by atoms with E-state index in [1.807, 2.05) is 13.0 Å². The van der Waals surface area contributed by atoms with Gasteiger partial charge in [0.25, 0.3) is 0 Å². The Morgan fingerprint density at radius 2 is 2.03 bits per heavy atom. The van der Waals surface area contributed by atoms with Crippen LogP contribution < -0.4 is 10.2 Å². The molecule has 1 N–H and O–H groups in total. The van der Waals surface area contributed by atoms with E-state index in [4.69, 9.17) is 14.5 Å². The molecule has 3 heterocycles. The predicted molar refractivity (Wildman–Crippen MR) is 124 cm³/mol. The first kappa shape index (κ1) is 26.1. The summed E-state index contributed by atoms with van der Waals surface area (Å²) < 4.78 is 52.8. The van der Waals surface area contributed by atoms with Crippen LogP contribution in [0.2, 0.25) is 0 Å². The molecule has 0 saturated carbocycles. The first-order valence-corrected chi connectivity index (χ1v) is 11.9. The molecule has 188 valence electrons. The number of esters is 1. The number of anilines is 3. The van der Waals surface area contributed by atoms with Crippen molar-refractivity contribution in [3.05, 3.63) is 23.7 Å². The summed E-state index contributed by atoms with van der Waals surface area (Å²) in [5.74, 6) is -0.787. The van der Waals surface area contributed by atoms with Crippen LogP contribution in [0.15, 0.2) is 12.3 Å². The van der Waals surface area contributed by atoms with E-state index in [0.29, 0.717) is 48.7 Å². The van der Waals surface area contributed by atoms with E-state index < -0.39 is 12.0 Å². The van der Waals surface area contributed by atoms with Gasteiger partial charge in [-0.05, 0) is 36.3 Å². The van der Waals surface area contributed by atoms with Crippen molar-refractivity contribution < 1.29 is 27.4 Å². The van der Waals surface area contributed by atoms with Crippen molar-refractivity contribution in [2.75, 3.05) is 37.1 Å². The minimum atomic E-state index is -4.62. The number of carbonyl (C=O) groups excluding carboxylic acids is 1. The number of methoxy groups -OCH3 is 1. The number of alkyl halides is 3. The third kappa shape index (κ3) is 6.78. The lowest BCUT2D eigenvalue weighted by atomic mass is 9.98. The van der Waals surface area contributed by atoms with Crippen molar-refractivity contribution in [3.63, 3.8) is 0 Å². The topological polar surface area (TPSA) is 89.5 Å². The highest BCUT2D eigenvalue weighted by Crippen LogP contribution is 2.36. The van der Waals surface area contributed by atoms with Gasteiger partial charge >= 0.3 is 12.1 Å². The molecular formula is C22H30F3N5O3S. The second-order valence-electron chi connectivity index (χ2n) is 8.76. The lowest BCUT2D eigenvalue weighted by molar-refractivity contribution is -0.144. The van der Waals surface area contributed by atoms with Gasteiger partial charge in [-0.2, -0.15) is 22.5 Å². The van der Waals surface area contributed by atoms with Crippen molar-refractivity contribution in [1.82, 2.24) is 14.3 Å². The van der Waals surface area contributed by atoms with Crippen molar-refractivity contribution in [2.24, 2.45) is 5.92 Å². The highest BCUT2D eigenvalue weighted by molar-refractivity contribution is 7.09. The summed E-state index contributed by atoms with van der Waals surface area (Å²) in [7, 11) is 1.33.